The molecule has 0 unspecified atom stereocenters. The zero-order valence-electron chi connectivity index (χ0n) is 11.3. The first kappa shape index (κ1) is 14.2. The van der Waals surface area contributed by atoms with E-state index in [4.69, 9.17) is 11.6 Å². The number of para-hydroxylation sites is 1. The van der Waals surface area contributed by atoms with E-state index in [1.54, 1.807) is 30.3 Å². The summed E-state index contributed by atoms with van der Waals surface area (Å²) >= 11 is 5.92. The average Bonchev–Trinajstić information content (AvgIpc) is 2.50. The van der Waals surface area contributed by atoms with Crippen molar-refractivity contribution in [3.05, 3.63) is 65.6 Å². The summed E-state index contributed by atoms with van der Waals surface area (Å²) in [7, 11) is 0. The highest BCUT2D eigenvalue weighted by Gasteiger charge is 2.05. The third-order valence-electron chi connectivity index (χ3n) is 2.78. The van der Waals surface area contributed by atoms with Crippen LogP contribution in [0.2, 0.25) is 5.02 Å². The topological polar surface area (TPSA) is 62.7 Å². The molecule has 7 heteroatoms. The van der Waals surface area contributed by atoms with Crippen molar-refractivity contribution in [2.45, 2.75) is 0 Å². The van der Waals surface area contributed by atoms with Crippen LogP contribution in [0.15, 0.2) is 54.7 Å². The number of rotatable bonds is 4. The van der Waals surface area contributed by atoms with E-state index in [9.17, 15) is 4.39 Å². The highest BCUT2D eigenvalue weighted by molar-refractivity contribution is 6.30. The van der Waals surface area contributed by atoms with Crippen LogP contribution >= 0.6 is 11.6 Å². The summed E-state index contributed by atoms with van der Waals surface area (Å²) in [6.07, 6.45) is 1.47. The maximum atomic E-state index is 13.6. The van der Waals surface area contributed by atoms with Gasteiger partial charge in [-0.05, 0) is 30.3 Å². The molecule has 0 saturated carbocycles. The van der Waals surface area contributed by atoms with Crippen molar-refractivity contribution in [1.82, 2.24) is 15.2 Å². The molecule has 0 aliphatic heterocycles. The van der Waals surface area contributed by atoms with Crippen LogP contribution in [0.4, 0.5) is 27.5 Å². The number of nitrogens with zero attached hydrogens (tertiary/aromatic N) is 3. The molecule has 110 valence electrons. The summed E-state index contributed by atoms with van der Waals surface area (Å²) in [6, 6.07) is 13.5. The fourth-order valence-electron chi connectivity index (χ4n) is 1.81. The van der Waals surface area contributed by atoms with Gasteiger partial charge in [-0.3, -0.25) is 0 Å². The summed E-state index contributed by atoms with van der Waals surface area (Å²) in [6.45, 7) is 0. The molecule has 3 rings (SSSR count). The van der Waals surface area contributed by atoms with Gasteiger partial charge in [0.25, 0.3) is 0 Å². The minimum atomic E-state index is -0.390. The predicted molar refractivity (Wildman–Crippen MR) is 84.2 cm³/mol. The van der Waals surface area contributed by atoms with Crippen LogP contribution in [-0.4, -0.2) is 15.2 Å². The number of benzene rings is 2. The van der Waals surface area contributed by atoms with Gasteiger partial charge in [0, 0.05) is 10.7 Å². The Hall–Kier alpha value is -2.73. The second-order valence-electron chi connectivity index (χ2n) is 4.41. The van der Waals surface area contributed by atoms with Crippen molar-refractivity contribution in [1.29, 1.82) is 0 Å². The smallest absolute Gasteiger partial charge is 0.249 e. The van der Waals surface area contributed by atoms with E-state index in [1.165, 1.54) is 12.3 Å². The first-order chi connectivity index (χ1) is 10.7. The lowest BCUT2D eigenvalue weighted by molar-refractivity contribution is 0.631. The lowest BCUT2D eigenvalue weighted by Gasteiger charge is -2.08. The molecule has 0 aliphatic rings. The lowest BCUT2D eigenvalue weighted by atomic mass is 10.3. The van der Waals surface area contributed by atoms with Crippen LogP contribution in [0.25, 0.3) is 0 Å². The third kappa shape index (κ3) is 3.48. The normalized spacial score (nSPS) is 10.3. The molecular formula is C15H11ClFN5. The van der Waals surface area contributed by atoms with Gasteiger partial charge in [-0.1, -0.05) is 29.8 Å². The van der Waals surface area contributed by atoms with Gasteiger partial charge in [0.1, 0.15) is 5.82 Å². The summed E-state index contributed by atoms with van der Waals surface area (Å²) in [5.74, 6) is 0.271. The zero-order chi connectivity index (χ0) is 15.4. The minimum absolute atomic E-state index is 0.192. The third-order valence-corrected chi connectivity index (χ3v) is 3.01. The molecule has 1 heterocycles. The summed E-state index contributed by atoms with van der Waals surface area (Å²) in [5, 5.41) is 14.1. The molecule has 3 aromatic rings. The van der Waals surface area contributed by atoms with Gasteiger partial charge >= 0.3 is 0 Å². The van der Waals surface area contributed by atoms with E-state index >= 15 is 0 Å². The van der Waals surface area contributed by atoms with Gasteiger partial charge < -0.3 is 10.6 Å². The first-order valence-electron chi connectivity index (χ1n) is 6.44. The predicted octanol–water partition coefficient (Wildman–Crippen LogP) is 4.15. The Morgan fingerprint density at radius 3 is 2.68 bits per heavy atom. The number of anilines is 4. The standard InChI is InChI=1S/C15H11ClFN5/c16-10-4-3-5-11(8-10)19-14-9-18-22-15(21-14)20-13-7-2-1-6-12(13)17/h1-9H,(H2,19,20,21,22). The largest absolute Gasteiger partial charge is 0.339 e. The highest BCUT2D eigenvalue weighted by Crippen LogP contribution is 2.20. The molecule has 0 bridgehead atoms. The monoisotopic (exact) mass is 315 g/mol. The number of halogens is 2. The Labute approximate surface area is 131 Å². The number of nitrogens with one attached hydrogen (secondary N) is 2. The quantitative estimate of drug-likeness (QED) is 0.757. The van der Waals surface area contributed by atoms with Crippen molar-refractivity contribution >= 4 is 34.7 Å². The van der Waals surface area contributed by atoms with Crippen molar-refractivity contribution in [3.8, 4) is 0 Å². The van der Waals surface area contributed by atoms with Gasteiger partial charge in [-0.15, -0.1) is 5.10 Å². The van der Waals surface area contributed by atoms with Gasteiger partial charge in [0.15, 0.2) is 5.82 Å². The highest BCUT2D eigenvalue weighted by atomic mass is 35.5. The van der Waals surface area contributed by atoms with Crippen LogP contribution in [0.3, 0.4) is 0 Å². The number of hydrogen-bond acceptors (Lipinski definition) is 5. The van der Waals surface area contributed by atoms with Crippen molar-refractivity contribution in [2.75, 3.05) is 10.6 Å². The second-order valence-corrected chi connectivity index (χ2v) is 4.84. The molecule has 0 amide bonds. The molecule has 2 N–H and O–H groups in total. The van der Waals surface area contributed by atoms with Gasteiger partial charge in [0.05, 0.1) is 11.9 Å². The van der Waals surface area contributed by atoms with Crippen LogP contribution in [0.1, 0.15) is 0 Å². The van der Waals surface area contributed by atoms with E-state index in [-0.39, 0.29) is 17.5 Å². The number of aromatic nitrogens is 3. The lowest BCUT2D eigenvalue weighted by Crippen LogP contribution is -2.03. The fourth-order valence-corrected chi connectivity index (χ4v) is 2.00. The van der Waals surface area contributed by atoms with Crippen molar-refractivity contribution < 1.29 is 4.39 Å². The summed E-state index contributed by atoms with van der Waals surface area (Å²) in [5.41, 5.74) is 1.05. The first-order valence-corrected chi connectivity index (χ1v) is 6.82. The molecule has 0 radical (unpaired) electrons. The summed E-state index contributed by atoms with van der Waals surface area (Å²) < 4.78 is 13.6. The van der Waals surface area contributed by atoms with Crippen LogP contribution < -0.4 is 10.6 Å². The molecule has 2 aromatic carbocycles. The van der Waals surface area contributed by atoms with E-state index in [0.29, 0.717) is 10.8 Å². The van der Waals surface area contributed by atoms with E-state index in [1.807, 2.05) is 12.1 Å². The molecule has 5 nitrogen and oxygen atoms in total. The minimum Gasteiger partial charge on any atom is -0.339 e. The Balaban J connectivity index is 1.79. The fraction of sp³-hybridized carbons (Fsp3) is 0. The van der Waals surface area contributed by atoms with Crippen LogP contribution in [0, 0.1) is 5.82 Å². The second kappa shape index (κ2) is 6.36. The Morgan fingerprint density at radius 2 is 1.86 bits per heavy atom. The van der Waals surface area contributed by atoms with Crippen LogP contribution in [0.5, 0.6) is 0 Å². The maximum absolute atomic E-state index is 13.6. The SMILES string of the molecule is Fc1ccccc1Nc1nncc(Nc2cccc(Cl)c2)n1. The van der Waals surface area contributed by atoms with E-state index < -0.39 is 0 Å². The molecule has 0 atom stereocenters. The molecular weight excluding hydrogens is 305 g/mol. The van der Waals surface area contributed by atoms with E-state index in [2.05, 4.69) is 25.8 Å². The Bertz CT molecular complexity index is 796. The van der Waals surface area contributed by atoms with Crippen molar-refractivity contribution in [3.63, 3.8) is 0 Å². The molecule has 0 spiro atoms. The molecule has 0 aliphatic carbocycles. The summed E-state index contributed by atoms with van der Waals surface area (Å²) in [4.78, 5) is 4.23. The van der Waals surface area contributed by atoms with E-state index in [0.717, 1.165) is 5.69 Å². The van der Waals surface area contributed by atoms with Gasteiger partial charge in [-0.25, -0.2) is 4.39 Å². The molecule has 0 saturated heterocycles. The average molecular weight is 316 g/mol. The van der Waals surface area contributed by atoms with Gasteiger partial charge in [-0.2, -0.15) is 10.1 Å². The Kier molecular flexibility index (Phi) is 4.11. The molecule has 1 aromatic heterocycles. The van der Waals surface area contributed by atoms with Gasteiger partial charge in [0.2, 0.25) is 5.95 Å². The molecule has 22 heavy (non-hydrogen) atoms. The Morgan fingerprint density at radius 1 is 1.00 bits per heavy atom. The number of hydrogen-bond donors (Lipinski definition) is 2. The zero-order valence-corrected chi connectivity index (χ0v) is 12.0. The maximum Gasteiger partial charge on any atom is 0.249 e. The molecule has 0 fully saturated rings. The van der Waals surface area contributed by atoms with Crippen molar-refractivity contribution in [2.24, 2.45) is 0 Å². The van der Waals surface area contributed by atoms with Crippen LogP contribution in [-0.2, 0) is 0 Å².